The molecule has 4 rings (SSSR count). The largest absolute Gasteiger partial charge is 0.494 e. The van der Waals surface area contributed by atoms with Gasteiger partial charge in [0.25, 0.3) is 21.8 Å². The minimum absolute atomic E-state index is 0.0860. The second-order valence-electron chi connectivity index (χ2n) is 7.47. The predicted molar refractivity (Wildman–Crippen MR) is 117 cm³/mol. The van der Waals surface area contributed by atoms with Crippen molar-refractivity contribution in [3.8, 4) is 5.75 Å². The molecule has 0 spiro atoms. The molecule has 1 aromatic heterocycles. The van der Waals surface area contributed by atoms with Gasteiger partial charge in [0, 0.05) is 12.1 Å². The number of fused-ring (bicyclic) bond motifs is 1. The molecule has 1 aliphatic rings. The molecule has 2 amide bonds. The zero-order valence-electron chi connectivity index (χ0n) is 17.3. The number of benzene rings is 2. The normalized spacial score (nSPS) is 18.3. The van der Waals surface area contributed by atoms with Crippen molar-refractivity contribution in [1.29, 1.82) is 0 Å². The molecule has 1 unspecified atom stereocenters. The van der Waals surface area contributed by atoms with Gasteiger partial charge in [0.15, 0.2) is 0 Å². The van der Waals surface area contributed by atoms with Crippen molar-refractivity contribution in [3.63, 3.8) is 0 Å². The first kappa shape index (κ1) is 22.2. The van der Waals surface area contributed by atoms with Gasteiger partial charge in [-0.1, -0.05) is 6.07 Å². The Hall–Kier alpha value is -3.05. The van der Waals surface area contributed by atoms with Crippen molar-refractivity contribution < 1.29 is 27.1 Å². The molecule has 0 saturated carbocycles. The van der Waals surface area contributed by atoms with Crippen LogP contribution in [0.3, 0.4) is 0 Å². The number of halogens is 1. The number of sulfonamides is 1. The third kappa shape index (κ3) is 3.93. The van der Waals surface area contributed by atoms with E-state index in [1.807, 2.05) is 11.6 Å². The molecule has 1 fully saturated rings. The highest BCUT2D eigenvalue weighted by Crippen LogP contribution is 2.34. The van der Waals surface area contributed by atoms with Crippen LogP contribution in [-0.2, 0) is 14.8 Å². The average Bonchev–Trinajstić information content (AvgIpc) is 3.17. The van der Waals surface area contributed by atoms with E-state index < -0.39 is 33.2 Å². The lowest BCUT2D eigenvalue weighted by Crippen LogP contribution is -2.67. The Morgan fingerprint density at radius 3 is 2.72 bits per heavy atom. The predicted octanol–water partition coefficient (Wildman–Crippen LogP) is 2.94. The molecule has 3 aromatic rings. The van der Waals surface area contributed by atoms with Crippen molar-refractivity contribution in [3.05, 3.63) is 53.8 Å². The molecule has 1 atom stereocenters. The van der Waals surface area contributed by atoms with Gasteiger partial charge in [-0.15, -0.1) is 11.3 Å². The standard InChI is InChI=1S/C21H20FN3O5S2/c1-3-30-15-7-8-16-17(12-15)31-20(23-16)32(28,29)24-19(27)21(2)9-10-25(21)18(26)13-5-4-6-14(22)11-13/h4-8,11-12H,3,9-10H2,1-2H3,(H,24,27). The highest BCUT2D eigenvalue weighted by molar-refractivity contribution is 7.92. The number of amides is 2. The van der Waals surface area contributed by atoms with Crippen LogP contribution in [0.2, 0.25) is 0 Å². The molecular formula is C21H20FN3O5S2. The zero-order valence-corrected chi connectivity index (χ0v) is 18.9. The number of hydrogen-bond donors (Lipinski definition) is 1. The van der Waals surface area contributed by atoms with Gasteiger partial charge in [0.1, 0.15) is 17.1 Å². The summed E-state index contributed by atoms with van der Waals surface area (Å²) in [6.07, 6.45) is 0.271. The van der Waals surface area contributed by atoms with Crippen LogP contribution in [0.1, 0.15) is 30.6 Å². The number of thiazole rings is 1. The van der Waals surface area contributed by atoms with Crippen molar-refractivity contribution in [2.45, 2.75) is 30.1 Å². The monoisotopic (exact) mass is 477 g/mol. The van der Waals surface area contributed by atoms with E-state index in [9.17, 15) is 22.4 Å². The highest BCUT2D eigenvalue weighted by atomic mass is 32.2. The molecule has 0 aliphatic carbocycles. The maximum Gasteiger partial charge on any atom is 0.291 e. The summed E-state index contributed by atoms with van der Waals surface area (Å²) in [5.41, 5.74) is -0.832. The van der Waals surface area contributed by atoms with E-state index in [0.29, 0.717) is 22.6 Å². The smallest absolute Gasteiger partial charge is 0.291 e. The first-order valence-electron chi connectivity index (χ1n) is 9.82. The lowest BCUT2D eigenvalue weighted by atomic mass is 9.85. The summed E-state index contributed by atoms with van der Waals surface area (Å²) in [5, 5.41) is 0. The topological polar surface area (TPSA) is 106 Å². The SMILES string of the molecule is CCOc1ccc2nc(S(=O)(=O)NC(=O)C3(C)CCN3C(=O)c3cccc(F)c3)sc2c1. The van der Waals surface area contributed by atoms with Crippen LogP contribution >= 0.6 is 11.3 Å². The van der Waals surface area contributed by atoms with Gasteiger partial charge in [-0.3, -0.25) is 9.59 Å². The van der Waals surface area contributed by atoms with Gasteiger partial charge in [-0.2, -0.15) is 8.42 Å². The van der Waals surface area contributed by atoms with Crippen LogP contribution in [0.25, 0.3) is 10.2 Å². The number of rotatable bonds is 6. The molecule has 1 saturated heterocycles. The molecule has 11 heteroatoms. The number of carbonyl (C=O) groups excluding carboxylic acids is 2. The van der Waals surface area contributed by atoms with E-state index in [1.54, 1.807) is 18.2 Å². The number of nitrogens with one attached hydrogen (secondary N) is 1. The molecule has 1 aliphatic heterocycles. The number of ether oxygens (including phenoxy) is 1. The first-order valence-corrected chi connectivity index (χ1v) is 12.1. The number of nitrogens with zero attached hydrogens (tertiary/aromatic N) is 2. The second-order valence-corrected chi connectivity index (χ2v) is 10.4. The summed E-state index contributed by atoms with van der Waals surface area (Å²) in [7, 11) is -4.26. The van der Waals surface area contributed by atoms with Crippen LogP contribution < -0.4 is 9.46 Å². The minimum Gasteiger partial charge on any atom is -0.494 e. The van der Waals surface area contributed by atoms with E-state index in [0.717, 1.165) is 17.4 Å². The van der Waals surface area contributed by atoms with E-state index in [-0.39, 0.29) is 22.9 Å². The maximum atomic E-state index is 13.5. The summed E-state index contributed by atoms with van der Waals surface area (Å²) in [5.74, 6) is -1.38. The minimum atomic E-state index is -4.26. The van der Waals surface area contributed by atoms with Crippen LogP contribution in [0.4, 0.5) is 4.39 Å². The third-order valence-corrected chi connectivity index (χ3v) is 8.06. The van der Waals surface area contributed by atoms with Gasteiger partial charge in [-0.25, -0.2) is 14.1 Å². The van der Waals surface area contributed by atoms with E-state index in [1.165, 1.54) is 30.0 Å². The van der Waals surface area contributed by atoms with Crippen molar-refractivity contribution in [2.24, 2.45) is 0 Å². The molecule has 0 bridgehead atoms. The number of likely N-dealkylation sites (tertiary alicyclic amines) is 1. The molecular weight excluding hydrogens is 457 g/mol. The first-order chi connectivity index (χ1) is 15.1. The van der Waals surface area contributed by atoms with E-state index in [2.05, 4.69) is 4.98 Å². The fraction of sp³-hybridized carbons (Fsp3) is 0.286. The number of hydrogen-bond acceptors (Lipinski definition) is 7. The second kappa shape index (κ2) is 8.14. The number of aromatic nitrogens is 1. The van der Waals surface area contributed by atoms with Gasteiger partial charge in [0.2, 0.25) is 4.34 Å². The fourth-order valence-corrected chi connectivity index (χ4v) is 5.76. The lowest BCUT2D eigenvalue weighted by molar-refractivity contribution is -0.135. The molecule has 168 valence electrons. The summed E-state index contributed by atoms with van der Waals surface area (Å²) in [6.45, 7) is 4.03. The molecule has 2 aromatic carbocycles. The van der Waals surface area contributed by atoms with Gasteiger partial charge in [-0.05, 0) is 56.7 Å². The molecule has 2 heterocycles. The van der Waals surface area contributed by atoms with E-state index in [4.69, 9.17) is 4.74 Å². The van der Waals surface area contributed by atoms with Crippen molar-refractivity contribution in [1.82, 2.24) is 14.6 Å². The van der Waals surface area contributed by atoms with Gasteiger partial charge < -0.3 is 9.64 Å². The van der Waals surface area contributed by atoms with Crippen LogP contribution in [0.5, 0.6) is 5.75 Å². The maximum absolute atomic E-state index is 13.5. The Bertz CT molecular complexity index is 1320. The summed E-state index contributed by atoms with van der Waals surface area (Å²) < 4.78 is 46.9. The Kier molecular flexibility index (Phi) is 5.63. The van der Waals surface area contributed by atoms with Gasteiger partial charge >= 0.3 is 0 Å². The molecule has 1 N–H and O–H groups in total. The van der Waals surface area contributed by atoms with Crippen molar-refractivity contribution >= 4 is 43.4 Å². The summed E-state index contributed by atoms with van der Waals surface area (Å²) in [4.78, 5) is 31.0. The van der Waals surface area contributed by atoms with Gasteiger partial charge in [0.05, 0.1) is 16.8 Å². The third-order valence-electron chi connectivity index (χ3n) is 5.33. The van der Waals surface area contributed by atoms with Crippen LogP contribution in [0, 0.1) is 5.82 Å². The van der Waals surface area contributed by atoms with Crippen molar-refractivity contribution in [2.75, 3.05) is 13.2 Å². The fourth-order valence-electron chi connectivity index (χ4n) is 3.43. The van der Waals surface area contributed by atoms with Crippen LogP contribution in [0.15, 0.2) is 46.8 Å². The summed E-state index contributed by atoms with van der Waals surface area (Å²) >= 11 is 0.912. The van der Waals surface area contributed by atoms with Crippen LogP contribution in [-0.4, -0.2) is 48.8 Å². The number of carbonyl (C=O) groups is 2. The quantitative estimate of drug-likeness (QED) is 0.585. The molecule has 32 heavy (non-hydrogen) atoms. The Morgan fingerprint density at radius 1 is 1.28 bits per heavy atom. The Morgan fingerprint density at radius 2 is 2.06 bits per heavy atom. The average molecular weight is 478 g/mol. The molecule has 8 nitrogen and oxygen atoms in total. The van der Waals surface area contributed by atoms with E-state index >= 15 is 0 Å². The lowest BCUT2D eigenvalue weighted by Gasteiger charge is -2.48. The Balaban J connectivity index is 1.54. The molecule has 0 radical (unpaired) electrons. The Labute approximate surface area is 188 Å². The highest BCUT2D eigenvalue weighted by Gasteiger charge is 2.50. The zero-order chi connectivity index (χ0) is 23.1. The summed E-state index contributed by atoms with van der Waals surface area (Å²) in [6, 6.07) is 10.1.